The van der Waals surface area contributed by atoms with E-state index < -0.39 is 26.1 Å². The van der Waals surface area contributed by atoms with Crippen molar-refractivity contribution >= 4 is 25.9 Å². The van der Waals surface area contributed by atoms with Crippen LogP contribution in [0.2, 0.25) is 0 Å². The number of amides is 3. The van der Waals surface area contributed by atoms with Crippen LogP contribution in [0, 0.1) is 0 Å². The molecule has 0 rings (SSSR count). The van der Waals surface area contributed by atoms with Crippen molar-refractivity contribution in [3.05, 3.63) is 0 Å². The molecule has 3 N–H and O–H groups in total. The predicted octanol–water partition coefficient (Wildman–Crippen LogP) is 3.04. The maximum atomic E-state index is 12.2. The summed E-state index contributed by atoms with van der Waals surface area (Å²) in [7, 11) is 0.0895. The molecular formula is C31H61N3O14P-. The molecule has 0 aromatic carbocycles. The molecule has 0 aliphatic heterocycles. The van der Waals surface area contributed by atoms with Crippen molar-refractivity contribution in [2.45, 2.75) is 83.2 Å². The van der Waals surface area contributed by atoms with Crippen molar-refractivity contribution in [3.63, 3.8) is 0 Å². The van der Waals surface area contributed by atoms with E-state index >= 15 is 0 Å². The molecule has 0 aromatic rings. The zero-order chi connectivity index (χ0) is 36.3. The Kier molecular flexibility index (Phi) is 32.9. The molecule has 0 saturated carbocycles. The highest BCUT2D eigenvalue weighted by molar-refractivity contribution is 7.45. The first kappa shape index (κ1) is 46.9. The monoisotopic (exact) mass is 730 g/mol. The summed E-state index contributed by atoms with van der Waals surface area (Å²) in [4.78, 5) is 47.3. The minimum absolute atomic E-state index is 0.0542. The molecule has 0 heterocycles. The smallest absolute Gasteiger partial charge is 0.409 e. The van der Waals surface area contributed by atoms with Gasteiger partial charge in [-0.25, -0.2) is 9.59 Å². The van der Waals surface area contributed by atoms with Gasteiger partial charge in [-0.1, -0.05) is 51.4 Å². The van der Waals surface area contributed by atoms with Gasteiger partial charge >= 0.3 is 12.2 Å². The van der Waals surface area contributed by atoms with Crippen molar-refractivity contribution in [2.75, 3.05) is 101 Å². The quantitative estimate of drug-likeness (QED) is 0.0486. The maximum absolute atomic E-state index is 12.2. The van der Waals surface area contributed by atoms with Crippen LogP contribution in [0.4, 0.5) is 9.59 Å². The molecule has 0 aromatic heterocycles. The van der Waals surface area contributed by atoms with E-state index in [4.69, 9.17) is 33.2 Å². The van der Waals surface area contributed by atoms with Crippen molar-refractivity contribution < 1.29 is 66.0 Å². The van der Waals surface area contributed by atoms with E-state index in [2.05, 4.69) is 25.0 Å². The second-order valence-electron chi connectivity index (χ2n) is 10.9. The molecule has 18 heteroatoms. The van der Waals surface area contributed by atoms with Crippen LogP contribution < -0.4 is 20.8 Å². The number of hydrogen-bond donors (Lipinski definition) is 3. The number of hydrogen-bond acceptors (Lipinski definition) is 14. The third-order valence-corrected chi connectivity index (χ3v) is 7.71. The molecule has 290 valence electrons. The van der Waals surface area contributed by atoms with Crippen LogP contribution in [0.15, 0.2) is 0 Å². The summed E-state index contributed by atoms with van der Waals surface area (Å²) in [6.45, 7) is 2.69. The van der Waals surface area contributed by atoms with Crippen LogP contribution in [-0.2, 0) is 51.6 Å². The molecule has 0 aliphatic rings. The number of phosphoric ester groups is 1. The second kappa shape index (κ2) is 34.4. The number of carbonyl (C=O) groups excluding carboxylic acids is 3. The molecule has 2 unspecified atom stereocenters. The summed E-state index contributed by atoms with van der Waals surface area (Å²) in [6, 6.07) is 0. The van der Waals surface area contributed by atoms with Crippen LogP contribution in [0.25, 0.3) is 0 Å². The fourth-order valence-corrected chi connectivity index (χ4v) is 4.51. The van der Waals surface area contributed by atoms with Crippen molar-refractivity contribution in [2.24, 2.45) is 0 Å². The Hall–Kier alpha value is -2.08. The largest absolute Gasteiger partial charge is 0.756 e. The van der Waals surface area contributed by atoms with E-state index in [1.165, 1.54) is 0 Å². The summed E-state index contributed by atoms with van der Waals surface area (Å²) in [5.74, 6) is -0.0710. The maximum Gasteiger partial charge on any atom is 0.409 e. The lowest BCUT2D eigenvalue weighted by atomic mass is 10.1. The molecule has 49 heavy (non-hydrogen) atoms. The lowest BCUT2D eigenvalue weighted by molar-refractivity contribution is -0.223. The molecule has 0 aliphatic carbocycles. The third-order valence-electron chi connectivity index (χ3n) is 6.77. The average Bonchev–Trinajstić information content (AvgIpc) is 3.08. The van der Waals surface area contributed by atoms with Gasteiger partial charge in [0, 0.05) is 47.4 Å². The normalized spacial score (nSPS) is 13.0. The third kappa shape index (κ3) is 34.2. The van der Waals surface area contributed by atoms with Crippen LogP contribution in [0.5, 0.6) is 0 Å². The van der Waals surface area contributed by atoms with Gasteiger partial charge in [0.2, 0.25) is 5.91 Å². The summed E-state index contributed by atoms with van der Waals surface area (Å²) in [5.41, 5.74) is 0. The van der Waals surface area contributed by atoms with Gasteiger partial charge in [-0.3, -0.25) is 14.7 Å². The zero-order valence-electron chi connectivity index (χ0n) is 29.7. The predicted molar refractivity (Wildman–Crippen MR) is 178 cm³/mol. The number of phosphoric acid groups is 1. The Balaban J connectivity index is 4.06. The second-order valence-corrected chi connectivity index (χ2v) is 12.4. The molecule has 0 radical (unpaired) electrons. The van der Waals surface area contributed by atoms with Gasteiger partial charge in [0.15, 0.2) is 0 Å². The topological polar surface area (TPSA) is 210 Å². The number of ether oxygens (including phenoxy) is 7. The van der Waals surface area contributed by atoms with Crippen LogP contribution in [0.3, 0.4) is 0 Å². The van der Waals surface area contributed by atoms with Crippen molar-refractivity contribution in [3.8, 4) is 0 Å². The van der Waals surface area contributed by atoms with Crippen molar-refractivity contribution in [1.29, 1.82) is 0 Å². The first-order valence-corrected chi connectivity index (χ1v) is 18.5. The first-order chi connectivity index (χ1) is 23.7. The number of rotatable bonds is 35. The van der Waals surface area contributed by atoms with Gasteiger partial charge in [0.1, 0.15) is 26.0 Å². The van der Waals surface area contributed by atoms with Gasteiger partial charge < -0.3 is 57.7 Å². The first-order valence-electron chi connectivity index (χ1n) is 17.1. The highest BCUT2D eigenvalue weighted by atomic mass is 31.2. The fourth-order valence-electron chi connectivity index (χ4n) is 4.05. The van der Waals surface area contributed by atoms with Gasteiger partial charge in [0.05, 0.1) is 39.6 Å². The Bertz CT molecular complexity index is 858. The van der Waals surface area contributed by atoms with Gasteiger partial charge in [-0.05, 0) is 19.3 Å². The Morgan fingerprint density at radius 2 is 1.18 bits per heavy atom. The molecule has 3 amide bonds. The van der Waals surface area contributed by atoms with Gasteiger partial charge in [-0.2, -0.15) is 0 Å². The SMILES string of the molecule is COCCOCCNC(=O)OCC(COC(=O)NCOCCOC)OCCCC(=O)NCCCCCCCCCCCCOP(=O)([O-])OC. The van der Waals surface area contributed by atoms with Gasteiger partial charge in [0.25, 0.3) is 7.82 Å². The summed E-state index contributed by atoms with van der Waals surface area (Å²) in [5, 5.41) is 7.92. The van der Waals surface area contributed by atoms with E-state index in [-0.39, 0.29) is 52.0 Å². The van der Waals surface area contributed by atoms with Crippen LogP contribution >= 0.6 is 7.82 Å². The van der Waals surface area contributed by atoms with E-state index in [1.54, 1.807) is 14.2 Å². The van der Waals surface area contributed by atoms with Crippen LogP contribution in [0.1, 0.15) is 77.0 Å². The van der Waals surface area contributed by atoms with E-state index in [0.29, 0.717) is 52.4 Å². The number of nitrogens with one attached hydrogen (secondary N) is 3. The van der Waals surface area contributed by atoms with E-state index in [1.807, 2.05) is 0 Å². The Morgan fingerprint density at radius 1 is 0.612 bits per heavy atom. The summed E-state index contributed by atoms with van der Waals surface area (Å²) < 4.78 is 56.3. The molecule has 0 saturated heterocycles. The average molecular weight is 731 g/mol. The number of unbranched alkanes of at least 4 members (excludes halogenated alkanes) is 9. The molecule has 2 atom stereocenters. The lowest BCUT2D eigenvalue weighted by Gasteiger charge is -2.19. The standard InChI is InChI=1S/C31H62N3O14P/c1-40-21-23-43-20-17-33-30(36)46-25-28(26-47-31(37)34-27-44-24-22-41-2)45-18-14-15-29(35)32-16-12-10-8-6-4-5-7-9-11-13-19-48-49(38,39)42-3/h28H,4-27H2,1-3H3,(H,32,35)(H,33,36)(H,34,37)(H,38,39)/p-1. The van der Waals surface area contributed by atoms with Crippen LogP contribution in [-0.4, -0.2) is 125 Å². The van der Waals surface area contributed by atoms with Crippen molar-refractivity contribution in [1.82, 2.24) is 16.0 Å². The minimum Gasteiger partial charge on any atom is -0.756 e. The molecule has 0 bridgehead atoms. The lowest BCUT2D eigenvalue weighted by Crippen LogP contribution is -2.35. The zero-order valence-corrected chi connectivity index (χ0v) is 30.6. The molecule has 0 spiro atoms. The summed E-state index contributed by atoms with van der Waals surface area (Å²) >= 11 is 0. The number of carbonyl (C=O) groups is 3. The Labute approximate surface area is 291 Å². The fraction of sp³-hybridized carbons (Fsp3) is 0.903. The minimum atomic E-state index is -4.11. The van der Waals surface area contributed by atoms with Gasteiger partial charge in [-0.15, -0.1) is 0 Å². The summed E-state index contributed by atoms with van der Waals surface area (Å²) in [6.07, 6.45) is 8.86. The molecule has 17 nitrogen and oxygen atoms in total. The van der Waals surface area contributed by atoms with E-state index in [0.717, 1.165) is 64.9 Å². The molecule has 0 fully saturated rings. The highest BCUT2D eigenvalue weighted by Crippen LogP contribution is 2.36. The molecular weight excluding hydrogens is 669 g/mol. The Morgan fingerprint density at radius 3 is 1.80 bits per heavy atom. The highest BCUT2D eigenvalue weighted by Gasteiger charge is 2.16. The van der Waals surface area contributed by atoms with E-state index in [9.17, 15) is 23.8 Å². The number of alkyl carbamates (subject to hydrolysis) is 2. The number of methoxy groups -OCH3 is 2.